The Labute approximate surface area is 198 Å². The summed E-state index contributed by atoms with van der Waals surface area (Å²) in [6.45, 7) is 0. The highest BCUT2D eigenvalue weighted by Crippen LogP contribution is 2.22. The maximum Gasteiger partial charge on any atom is 0.340 e. The van der Waals surface area contributed by atoms with E-state index in [-0.39, 0.29) is 11.4 Å². The first kappa shape index (κ1) is 21.6. The molecule has 1 heterocycles. The molecule has 0 atom stereocenters. The minimum atomic E-state index is -0.471. The lowest BCUT2D eigenvalue weighted by molar-refractivity contribution is -0.734. The molecule has 0 saturated heterocycles. The number of nitro groups is 2. The van der Waals surface area contributed by atoms with Gasteiger partial charge in [-0.15, -0.1) is 0 Å². The number of non-ortho nitro benzene ring substituents is 2. The second-order valence-corrected chi connectivity index (χ2v) is 7.59. The van der Waals surface area contributed by atoms with Crippen LogP contribution in [0, 0.1) is 20.2 Å². The highest BCUT2D eigenvalue weighted by molar-refractivity contribution is 5.64. The van der Waals surface area contributed by atoms with Gasteiger partial charge < -0.3 is 0 Å². The number of nitro benzene ring substituents is 2. The van der Waals surface area contributed by atoms with E-state index >= 15 is 0 Å². The van der Waals surface area contributed by atoms with Crippen LogP contribution in [-0.4, -0.2) is 24.8 Å². The molecule has 0 N–H and O–H groups in total. The van der Waals surface area contributed by atoms with Crippen LogP contribution in [0.25, 0.3) is 33.9 Å². The van der Waals surface area contributed by atoms with Crippen molar-refractivity contribution in [3.63, 3.8) is 0 Å². The average Bonchev–Trinajstić information content (AvgIpc) is 3.35. The monoisotopic (exact) mass is 465 g/mol. The number of aromatic nitrogens is 4. The maximum absolute atomic E-state index is 11.1. The second-order valence-electron chi connectivity index (χ2n) is 7.59. The van der Waals surface area contributed by atoms with Crippen molar-refractivity contribution in [2.45, 2.75) is 0 Å². The molecule has 0 bridgehead atoms. The van der Waals surface area contributed by atoms with Gasteiger partial charge in [0.25, 0.3) is 11.4 Å². The standard InChI is InChI=1S/C25H17N6O4/c32-30(33)23-12-8-20(9-13-23)25-26-28(29(27-25)22-14-16-24(17-15-22)31(34)35)21-10-6-19(7-11-21)18-4-2-1-3-5-18/h1-17H/q+1. The lowest BCUT2D eigenvalue weighted by Crippen LogP contribution is -2.43. The number of rotatable bonds is 6. The maximum atomic E-state index is 11.1. The van der Waals surface area contributed by atoms with Gasteiger partial charge in [0.2, 0.25) is 0 Å². The molecule has 0 aliphatic carbocycles. The zero-order chi connectivity index (χ0) is 24.4. The Bertz CT molecular complexity index is 1510. The number of nitrogens with zero attached hydrogens (tertiary/aromatic N) is 6. The number of benzene rings is 4. The molecular formula is C25H17N6O4+. The third-order valence-electron chi connectivity index (χ3n) is 5.39. The molecule has 0 fully saturated rings. The van der Waals surface area contributed by atoms with E-state index in [1.165, 1.54) is 29.1 Å². The smallest absolute Gasteiger partial charge is 0.258 e. The van der Waals surface area contributed by atoms with E-state index in [0.29, 0.717) is 22.8 Å². The Morgan fingerprint density at radius 2 is 1.14 bits per heavy atom. The molecule has 0 unspecified atom stereocenters. The molecule has 170 valence electrons. The molecule has 0 aliphatic heterocycles. The van der Waals surface area contributed by atoms with Gasteiger partial charge in [0.1, 0.15) is 5.69 Å². The van der Waals surface area contributed by atoms with Crippen molar-refractivity contribution >= 4 is 11.4 Å². The van der Waals surface area contributed by atoms with Crippen LogP contribution in [-0.2, 0) is 0 Å². The minimum absolute atomic E-state index is 0.0343. The molecule has 35 heavy (non-hydrogen) atoms. The van der Waals surface area contributed by atoms with Crippen LogP contribution in [0.5, 0.6) is 0 Å². The van der Waals surface area contributed by atoms with Crippen LogP contribution in [0.3, 0.4) is 0 Å². The van der Waals surface area contributed by atoms with E-state index in [4.69, 9.17) is 0 Å². The van der Waals surface area contributed by atoms with Crippen molar-refractivity contribution in [3.05, 3.63) is 123 Å². The van der Waals surface area contributed by atoms with E-state index in [9.17, 15) is 20.2 Å². The van der Waals surface area contributed by atoms with Gasteiger partial charge in [0.05, 0.1) is 20.5 Å². The van der Waals surface area contributed by atoms with Gasteiger partial charge in [-0.3, -0.25) is 20.2 Å². The van der Waals surface area contributed by atoms with Gasteiger partial charge in [0.15, 0.2) is 5.69 Å². The van der Waals surface area contributed by atoms with E-state index in [1.807, 2.05) is 54.6 Å². The summed E-state index contributed by atoms with van der Waals surface area (Å²) in [6, 6.07) is 29.6. The van der Waals surface area contributed by atoms with Crippen LogP contribution in [0.4, 0.5) is 11.4 Å². The summed E-state index contributed by atoms with van der Waals surface area (Å²) in [5.74, 6) is 0.338. The molecule has 0 saturated carbocycles. The van der Waals surface area contributed by atoms with E-state index in [1.54, 1.807) is 29.1 Å². The highest BCUT2D eigenvalue weighted by Gasteiger charge is 2.24. The molecule has 1 aromatic heterocycles. The van der Waals surface area contributed by atoms with Gasteiger partial charge in [-0.2, -0.15) is 0 Å². The highest BCUT2D eigenvalue weighted by atomic mass is 16.6. The Balaban J connectivity index is 1.59. The topological polar surface area (TPSA) is 121 Å². The van der Waals surface area contributed by atoms with Crippen molar-refractivity contribution in [2.75, 3.05) is 0 Å². The number of hydrogen-bond acceptors (Lipinski definition) is 6. The van der Waals surface area contributed by atoms with Gasteiger partial charge in [-0.1, -0.05) is 42.5 Å². The first-order valence-corrected chi connectivity index (χ1v) is 10.5. The minimum Gasteiger partial charge on any atom is -0.258 e. The molecule has 4 aromatic carbocycles. The predicted octanol–water partition coefficient (Wildman–Crippen LogP) is 4.69. The largest absolute Gasteiger partial charge is 0.340 e. The van der Waals surface area contributed by atoms with Crippen molar-refractivity contribution in [2.24, 2.45) is 0 Å². The van der Waals surface area contributed by atoms with Crippen molar-refractivity contribution in [1.82, 2.24) is 15.0 Å². The van der Waals surface area contributed by atoms with Crippen molar-refractivity contribution in [1.29, 1.82) is 0 Å². The lowest BCUT2D eigenvalue weighted by Gasteiger charge is -2.03. The van der Waals surface area contributed by atoms with Crippen molar-refractivity contribution < 1.29 is 14.6 Å². The molecule has 0 spiro atoms. The van der Waals surface area contributed by atoms with E-state index in [0.717, 1.165) is 11.1 Å². The molecule has 0 aliphatic rings. The third-order valence-corrected chi connectivity index (χ3v) is 5.39. The fourth-order valence-corrected chi connectivity index (χ4v) is 3.59. The summed E-state index contributed by atoms with van der Waals surface area (Å²) < 4.78 is 0. The Kier molecular flexibility index (Phi) is 5.52. The van der Waals surface area contributed by atoms with Crippen LogP contribution in [0.2, 0.25) is 0 Å². The average molecular weight is 465 g/mol. The van der Waals surface area contributed by atoms with Gasteiger partial charge in [-0.05, 0) is 57.4 Å². The summed E-state index contributed by atoms with van der Waals surface area (Å²) >= 11 is 0. The first-order valence-electron chi connectivity index (χ1n) is 10.5. The summed E-state index contributed by atoms with van der Waals surface area (Å²) in [4.78, 5) is 24.2. The van der Waals surface area contributed by atoms with Crippen LogP contribution in [0.1, 0.15) is 0 Å². The molecule has 0 amide bonds. The summed E-state index contributed by atoms with van der Waals surface area (Å²) in [7, 11) is 0. The summed E-state index contributed by atoms with van der Waals surface area (Å²) in [6.07, 6.45) is 0. The van der Waals surface area contributed by atoms with E-state index < -0.39 is 9.85 Å². The fraction of sp³-hybridized carbons (Fsp3) is 0. The zero-order valence-corrected chi connectivity index (χ0v) is 18.1. The van der Waals surface area contributed by atoms with Crippen molar-refractivity contribution in [3.8, 4) is 33.9 Å². The lowest BCUT2D eigenvalue weighted by atomic mass is 10.1. The van der Waals surface area contributed by atoms with Gasteiger partial charge >= 0.3 is 5.82 Å². The summed E-state index contributed by atoms with van der Waals surface area (Å²) in [5.41, 5.74) is 3.90. The van der Waals surface area contributed by atoms with Crippen LogP contribution in [0.15, 0.2) is 103 Å². The molecular weight excluding hydrogens is 448 g/mol. The first-order chi connectivity index (χ1) is 17.0. The summed E-state index contributed by atoms with van der Waals surface area (Å²) in [5, 5.41) is 31.3. The number of tetrazole rings is 1. The number of hydrogen-bond donors (Lipinski definition) is 0. The second kappa shape index (κ2) is 8.94. The molecule has 10 heteroatoms. The SMILES string of the molecule is O=[N+]([O-])c1ccc(-c2nn(-c3ccc(-c4ccccc4)cc3)[n+](-c3ccc([N+](=O)[O-])cc3)n2)cc1. The van der Waals surface area contributed by atoms with Crippen LogP contribution >= 0.6 is 0 Å². The molecule has 5 rings (SSSR count). The van der Waals surface area contributed by atoms with Gasteiger partial charge in [-0.25, -0.2) is 0 Å². The molecule has 0 radical (unpaired) electrons. The Hall–Kier alpha value is -5.25. The fourth-order valence-electron chi connectivity index (χ4n) is 3.59. The quantitative estimate of drug-likeness (QED) is 0.204. The molecule has 10 nitrogen and oxygen atoms in total. The van der Waals surface area contributed by atoms with E-state index in [2.05, 4.69) is 10.2 Å². The zero-order valence-electron chi connectivity index (χ0n) is 18.1. The Morgan fingerprint density at radius 1 is 0.629 bits per heavy atom. The third kappa shape index (κ3) is 4.35. The predicted molar refractivity (Wildman–Crippen MR) is 127 cm³/mol. The van der Waals surface area contributed by atoms with Crippen LogP contribution < -0.4 is 4.80 Å². The normalized spacial score (nSPS) is 10.7. The molecule has 5 aromatic rings. The van der Waals surface area contributed by atoms with Gasteiger partial charge in [0, 0.05) is 29.1 Å². The Morgan fingerprint density at radius 3 is 1.71 bits per heavy atom.